The first-order valence-electron chi connectivity index (χ1n) is 3.38. The Bertz CT molecular complexity index is 130. The van der Waals surface area contributed by atoms with E-state index in [0.717, 1.165) is 5.84 Å². The van der Waals surface area contributed by atoms with Crippen LogP contribution in [0.15, 0.2) is 5.10 Å². The molecule has 0 saturated heterocycles. The largest absolute Gasteiger partial charge is 0.362 e. The molecule has 10 heavy (non-hydrogen) atoms. The lowest BCUT2D eigenvalue weighted by atomic mass is 10.6. The second-order valence-corrected chi connectivity index (χ2v) is 3.48. The third-order valence-corrected chi connectivity index (χ3v) is 1.09. The molecule has 0 heterocycles. The SMILES string of the molecule is C/C(=N\[N+](C)(C)C)N(C)C. The number of nitrogens with zero attached hydrogens (tertiary/aromatic N) is 3. The van der Waals surface area contributed by atoms with Crippen LogP contribution >= 0.6 is 0 Å². The maximum Gasteiger partial charge on any atom is 0.157 e. The van der Waals surface area contributed by atoms with E-state index < -0.39 is 0 Å². The van der Waals surface area contributed by atoms with Gasteiger partial charge in [0.25, 0.3) is 0 Å². The quantitative estimate of drug-likeness (QED) is 0.227. The van der Waals surface area contributed by atoms with E-state index >= 15 is 0 Å². The van der Waals surface area contributed by atoms with Crippen molar-refractivity contribution in [3.8, 4) is 0 Å². The summed E-state index contributed by atoms with van der Waals surface area (Å²) in [5.41, 5.74) is 0. The highest BCUT2D eigenvalue weighted by atomic mass is 15.6. The van der Waals surface area contributed by atoms with E-state index in [1.54, 1.807) is 0 Å². The monoisotopic (exact) mass is 144 g/mol. The molecule has 0 unspecified atom stereocenters. The Morgan fingerprint density at radius 1 is 1.20 bits per heavy atom. The number of quaternary nitrogens is 1. The molecule has 0 aromatic heterocycles. The van der Waals surface area contributed by atoms with Crippen molar-refractivity contribution in [1.29, 1.82) is 0 Å². The highest BCUT2D eigenvalue weighted by molar-refractivity contribution is 5.78. The number of hydrogen-bond acceptors (Lipinski definition) is 1. The van der Waals surface area contributed by atoms with E-state index in [2.05, 4.69) is 5.10 Å². The van der Waals surface area contributed by atoms with Gasteiger partial charge < -0.3 is 4.90 Å². The van der Waals surface area contributed by atoms with Crippen LogP contribution in [0.4, 0.5) is 0 Å². The van der Waals surface area contributed by atoms with E-state index in [-0.39, 0.29) is 0 Å². The van der Waals surface area contributed by atoms with Gasteiger partial charge in [0.2, 0.25) is 0 Å². The van der Waals surface area contributed by atoms with Crippen molar-refractivity contribution in [2.24, 2.45) is 5.10 Å². The maximum atomic E-state index is 4.39. The molecule has 0 amide bonds. The normalized spacial score (nSPS) is 13.6. The molecule has 0 saturated carbocycles. The van der Waals surface area contributed by atoms with Crippen molar-refractivity contribution in [1.82, 2.24) is 4.90 Å². The van der Waals surface area contributed by atoms with Crippen LogP contribution in [-0.2, 0) is 0 Å². The smallest absolute Gasteiger partial charge is 0.157 e. The molecule has 0 radical (unpaired) electrons. The van der Waals surface area contributed by atoms with Crippen LogP contribution in [-0.4, -0.2) is 50.6 Å². The van der Waals surface area contributed by atoms with E-state index in [1.165, 1.54) is 0 Å². The lowest BCUT2D eigenvalue weighted by molar-refractivity contribution is -0.877. The van der Waals surface area contributed by atoms with Gasteiger partial charge in [-0.3, -0.25) is 0 Å². The highest BCUT2D eigenvalue weighted by Gasteiger charge is 2.05. The Kier molecular flexibility index (Phi) is 2.84. The van der Waals surface area contributed by atoms with Gasteiger partial charge in [-0.2, -0.15) is 0 Å². The Morgan fingerprint density at radius 2 is 1.60 bits per heavy atom. The standard InChI is InChI=1S/C7H18N3/c1-7(9(2)3)8-10(4,5)6/h1-6H3/q+1/b8-7+. The second kappa shape index (κ2) is 3.01. The molecule has 3 nitrogen and oxygen atoms in total. The predicted molar refractivity (Wildman–Crippen MR) is 44.8 cm³/mol. The van der Waals surface area contributed by atoms with Gasteiger partial charge in [-0.05, 0) is 6.92 Å². The summed E-state index contributed by atoms with van der Waals surface area (Å²) in [6, 6.07) is 0. The van der Waals surface area contributed by atoms with Gasteiger partial charge in [-0.15, -0.1) is 0 Å². The summed E-state index contributed by atoms with van der Waals surface area (Å²) in [5, 5.41) is 4.39. The van der Waals surface area contributed by atoms with Crippen molar-refractivity contribution in [2.75, 3.05) is 35.2 Å². The fourth-order valence-electron chi connectivity index (χ4n) is 0.524. The Hall–Kier alpha value is -0.570. The molecule has 0 atom stereocenters. The first-order chi connectivity index (χ1) is 4.33. The maximum absolute atomic E-state index is 4.39. The lowest BCUT2D eigenvalue weighted by Crippen LogP contribution is -2.32. The van der Waals surface area contributed by atoms with E-state index in [1.807, 2.05) is 47.1 Å². The molecule has 60 valence electrons. The summed E-state index contributed by atoms with van der Waals surface area (Å²) in [6.07, 6.45) is 0. The van der Waals surface area contributed by atoms with Crippen LogP contribution in [0, 0.1) is 0 Å². The van der Waals surface area contributed by atoms with Crippen molar-refractivity contribution in [2.45, 2.75) is 6.92 Å². The molecule has 0 aromatic rings. The fraction of sp³-hybridized carbons (Fsp3) is 0.857. The van der Waals surface area contributed by atoms with Gasteiger partial charge in [-0.1, -0.05) is 5.10 Å². The molecule has 0 aliphatic rings. The molecule has 0 aromatic carbocycles. The first-order valence-corrected chi connectivity index (χ1v) is 3.38. The van der Waals surface area contributed by atoms with Crippen LogP contribution in [0.25, 0.3) is 0 Å². The Balaban J connectivity index is 4.17. The minimum absolute atomic E-state index is 0.629. The molecular weight excluding hydrogens is 126 g/mol. The van der Waals surface area contributed by atoms with Crippen LogP contribution in [0.1, 0.15) is 6.92 Å². The third kappa shape index (κ3) is 4.32. The molecule has 0 aliphatic heterocycles. The molecule has 0 bridgehead atoms. The second-order valence-electron chi connectivity index (χ2n) is 3.48. The number of rotatable bonds is 1. The zero-order valence-electron chi connectivity index (χ0n) is 7.84. The molecule has 0 spiro atoms. The molecule has 0 fully saturated rings. The fourth-order valence-corrected chi connectivity index (χ4v) is 0.524. The van der Waals surface area contributed by atoms with Crippen LogP contribution in [0.5, 0.6) is 0 Å². The van der Waals surface area contributed by atoms with E-state index in [4.69, 9.17) is 0 Å². The van der Waals surface area contributed by atoms with Crippen molar-refractivity contribution >= 4 is 5.84 Å². The Morgan fingerprint density at radius 3 is 1.70 bits per heavy atom. The molecule has 0 rings (SSSR count). The van der Waals surface area contributed by atoms with Gasteiger partial charge in [0.1, 0.15) is 0 Å². The minimum atomic E-state index is 0.629. The van der Waals surface area contributed by atoms with Gasteiger partial charge in [0, 0.05) is 14.1 Å². The average molecular weight is 144 g/mol. The first kappa shape index (κ1) is 9.43. The lowest BCUT2D eigenvalue weighted by Gasteiger charge is -2.19. The molecule has 0 N–H and O–H groups in total. The average Bonchev–Trinajstić information content (AvgIpc) is 1.60. The van der Waals surface area contributed by atoms with Crippen LogP contribution in [0.3, 0.4) is 0 Å². The zero-order valence-corrected chi connectivity index (χ0v) is 7.84. The van der Waals surface area contributed by atoms with E-state index in [0.29, 0.717) is 4.59 Å². The van der Waals surface area contributed by atoms with Crippen molar-refractivity contribution in [3.63, 3.8) is 0 Å². The van der Waals surface area contributed by atoms with Gasteiger partial charge in [0.05, 0.1) is 21.1 Å². The van der Waals surface area contributed by atoms with Crippen molar-refractivity contribution < 1.29 is 4.59 Å². The van der Waals surface area contributed by atoms with Crippen LogP contribution < -0.4 is 0 Å². The highest BCUT2D eigenvalue weighted by Crippen LogP contribution is 1.93. The van der Waals surface area contributed by atoms with Crippen LogP contribution in [0.2, 0.25) is 0 Å². The summed E-state index contributed by atoms with van der Waals surface area (Å²) in [4.78, 5) is 2.00. The predicted octanol–water partition coefficient (Wildman–Crippen LogP) is 0.588. The molecule has 0 aliphatic carbocycles. The summed E-state index contributed by atoms with van der Waals surface area (Å²) in [5.74, 6) is 1.05. The number of amidine groups is 1. The summed E-state index contributed by atoms with van der Waals surface area (Å²) in [6.45, 7) is 2.00. The van der Waals surface area contributed by atoms with E-state index in [9.17, 15) is 0 Å². The number of hydrogen-bond donors (Lipinski definition) is 0. The third-order valence-electron chi connectivity index (χ3n) is 1.09. The van der Waals surface area contributed by atoms with Gasteiger partial charge in [0.15, 0.2) is 5.84 Å². The molecular formula is C7H18N3+. The molecule has 3 heteroatoms. The zero-order chi connectivity index (χ0) is 8.36. The topological polar surface area (TPSA) is 15.6 Å². The minimum Gasteiger partial charge on any atom is -0.362 e. The summed E-state index contributed by atoms with van der Waals surface area (Å²) in [7, 11) is 10.1. The van der Waals surface area contributed by atoms with Gasteiger partial charge >= 0.3 is 0 Å². The Labute approximate surface area is 63.5 Å². The van der Waals surface area contributed by atoms with Gasteiger partial charge in [-0.25, -0.2) is 4.59 Å². The van der Waals surface area contributed by atoms with Crippen molar-refractivity contribution in [3.05, 3.63) is 0 Å². The summed E-state index contributed by atoms with van der Waals surface area (Å²) >= 11 is 0. The summed E-state index contributed by atoms with van der Waals surface area (Å²) < 4.78 is 0.629.